The van der Waals surface area contributed by atoms with E-state index in [4.69, 9.17) is 16.7 Å². The van der Waals surface area contributed by atoms with Crippen molar-refractivity contribution in [1.29, 1.82) is 0 Å². The first kappa shape index (κ1) is 12.3. The molecule has 0 aliphatic carbocycles. The van der Waals surface area contributed by atoms with E-state index in [1.165, 1.54) is 11.8 Å². The summed E-state index contributed by atoms with van der Waals surface area (Å²) >= 11 is 7.30. The minimum Gasteiger partial charge on any atom is -0.481 e. The van der Waals surface area contributed by atoms with Crippen LogP contribution in [0.2, 0.25) is 5.15 Å². The van der Waals surface area contributed by atoms with E-state index in [0.717, 1.165) is 0 Å². The molecule has 1 unspecified atom stereocenters. The molecule has 0 bridgehead atoms. The number of hydrogen-bond acceptors (Lipinski definition) is 4. The lowest BCUT2D eigenvalue weighted by atomic mass is 10.0. The van der Waals surface area contributed by atoms with E-state index in [2.05, 4.69) is 9.97 Å². The highest BCUT2D eigenvalue weighted by molar-refractivity contribution is 7.98. The molecule has 1 aromatic heterocycles. The van der Waals surface area contributed by atoms with Crippen molar-refractivity contribution in [3.63, 3.8) is 0 Å². The maximum Gasteiger partial charge on any atom is 0.310 e. The summed E-state index contributed by atoms with van der Waals surface area (Å²) in [7, 11) is 0. The molecular formula is C9H11ClN2O2S. The fraction of sp³-hybridized carbons (Fsp3) is 0.444. The number of nitrogens with zero attached hydrogens (tertiary/aromatic N) is 2. The lowest BCUT2D eigenvalue weighted by molar-refractivity contribution is -0.138. The van der Waals surface area contributed by atoms with Crippen LogP contribution in [0.4, 0.5) is 0 Å². The van der Waals surface area contributed by atoms with Crippen molar-refractivity contribution in [2.45, 2.75) is 24.9 Å². The molecule has 1 aromatic rings. The summed E-state index contributed by atoms with van der Waals surface area (Å²) in [5, 5.41) is 9.67. The van der Waals surface area contributed by atoms with Crippen LogP contribution in [0.25, 0.3) is 0 Å². The maximum absolute atomic E-state index is 10.8. The van der Waals surface area contributed by atoms with E-state index < -0.39 is 11.9 Å². The van der Waals surface area contributed by atoms with Gasteiger partial charge < -0.3 is 5.11 Å². The second-order valence-electron chi connectivity index (χ2n) is 3.06. The van der Waals surface area contributed by atoms with Gasteiger partial charge in [-0.05, 0) is 20.1 Å². The van der Waals surface area contributed by atoms with Crippen LogP contribution in [0.15, 0.2) is 5.16 Å². The lowest BCUT2D eigenvalue weighted by Gasteiger charge is -2.11. The van der Waals surface area contributed by atoms with E-state index in [1.54, 1.807) is 13.8 Å². The van der Waals surface area contributed by atoms with Gasteiger partial charge in [0.25, 0.3) is 0 Å². The van der Waals surface area contributed by atoms with Crippen molar-refractivity contribution < 1.29 is 9.90 Å². The Morgan fingerprint density at radius 2 is 2.13 bits per heavy atom. The summed E-state index contributed by atoms with van der Waals surface area (Å²) < 4.78 is 0. The first-order valence-electron chi connectivity index (χ1n) is 4.28. The molecule has 82 valence electrons. The normalized spacial score (nSPS) is 12.5. The maximum atomic E-state index is 10.8. The molecule has 0 saturated carbocycles. The first-order valence-corrected chi connectivity index (χ1v) is 5.88. The number of aromatic nitrogens is 2. The third-order valence-corrected chi connectivity index (χ3v) is 2.89. The molecule has 6 heteroatoms. The third-order valence-electron chi connectivity index (χ3n) is 2.06. The Balaban J connectivity index is 3.25. The van der Waals surface area contributed by atoms with E-state index in [-0.39, 0.29) is 5.15 Å². The lowest BCUT2D eigenvalue weighted by Crippen LogP contribution is -2.12. The third kappa shape index (κ3) is 2.60. The van der Waals surface area contributed by atoms with Crippen LogP contribution < -0.4 is 0 Å². The highest BCUT2D eigenvalue weighted by Gasteiger charge is 2.21. The number of carbonyl (C=O) groups is 1. The molecule has 1 N–H and O–H groups in total. The molecule has 0 aliphatic rings. The van der Waals surface area contributed by atoms with Gasteiger partial charge in [-0.3, -0.25) is 4.79 Å². The molecule has 15 heavy (non-hydrogen) atoms. The minimum atomic E-state index is -0.930. The van der Waals surface area contributed by atoms with Crippen LogP contribution in [0.3, 0.4) is 0 Å². The van der Waals surface area contributed by atoms with Gasteiger partial charge in [0.2, 0.25) is 0 Å². The smallest absolute Gasteiger partial charge is 0.310 e. The molecule has 1 rings (SSSR count). The predicted molar refractivity (Wildman–Crippen MR) is 59.6 cm³/mol. The molecule has 0 amide bonds. The average Bonchev–Trinajstić information content (AvgIpc) is 2.16. The zero-order chi connectivity index (χ0) is 11.6. The van der Waals surface area contributed by atoms with Gasteiger partial charge in [-0.15, -0.1) is 0 Å². The van der Waals surface area contributed by atoms with Crippen molar-refractivity contribution in [3.05, 3.63) is 16.4 Å². The monoisotopic (exact) mass is 246 g/mol. The predicted octanol–water partition coefficient (Wildman–Crippen LogP) is 2.35. The molecule has 1 atom stereocenters. The van der Waals surface area contributed by atoms with Gasteiger partial charge in [0.05, 0.1) is 5.92 Å². The molecule has 4 nitrogen and oxygen atoms in total. The summed E-state index contributed by atoms with van der Waals surface area (Å²) in [5.74, 6) is -1.62. The standard InChI is InChI=1S/C9H11ClN2O2S/c1-4(8(13)14)6-5(2)11-9(15-3)12-7(6)10/h4H,1-3H3,(H,13,14). The quantitative estimate of drug-likeness (QED) is 0.504. The Morgan fingerprint density at radius 1 is 1.53 bits per heavy atom. The summed E-state index contributed by atoms with van der Waals surface area (Å²) in [6, 6.07) is 0. The van der Waals surface area contributed by atoms with Crippen LogP contribution in [-0.2, 0) is 4.79 Å². The fourth-order valence-corrected chi connectivity index (χ4v) is 2.07. The van der Waals surface area contributed by atoms with Gasteiger partial charge in [0, 0.05) is 11.3 Å². The van der Waals surface area contributed by atoms with Crippen molar-refractivity contribution in [2.24, 2.45) is 0 Å². The van der Waals surface area contributed by atoms with Gasteiger partial charge >= 0.3 is 5.97 Å². The van der Waals surface area contributed by atoms with E-state index in [1.807, 2.05) is 6.26 Å². The number of aliphatic carboxylic acids is 1. The zero-order valence-electron chi connectivity index (χ0n) is 8.61. The van der Waals surface area contributed by atoms with Crippen LogP contribution in [-0.4, -0.2) is 27.3 Å². The molecule has 0 fully saturated rings. The molecule has 0 aliphatic heterocycles. The minimum absolute atomic E-state index is 0.224. The number of carboxylic acids is 1. The van der Waals surface area contributed by atoms with E-state index >= 15 is 0 Å². The summed E-state index contributed by atoms with van der Waals surface area (Å²) in [4.78, 5) is 19.0. The van der Waals surface area contributed by atoms with Gasteiger partial charge in [0.1, 0.15) is 5.15 Å². The Kier molecular flexibility index (Phi) is 3.93. The largest absolute Gasteiger partial charge is 0.481 e. The van der Waals surface area contributed by atoms with Gasteiger partial charge in [-0.1, -0.05) is 23.4 Å². The highest BCUT2D eigenvalue weighted by atomic mass is 35.5. The number of aryl methyl sites for hydroxylation is 1. The Morgan fingerprint density at radius 3 is 2.53 bits per heavy atom. The van der Waals surface area contributed by atoms with E-state index in [9.17, 15) is 4.79 Å². The summed E-state index contributed by atoms with van der Waals surface area (Å²) in [6.45, 7) is 3.31. The summed E-state index contributed by atoms with van der Waals surface area (Å²) in [6.07, 6.45) is 1.84. The summed E-state index contributed by atoms with van der Waals surface area (Å²) in [5.41, 5.74) is 1.11. The molecule has 0 spiro atoms. The van der Waals surface area contributed by atoms with Crippen LogP contribution >= 0.6 is 23.4 Å². The second kappa shape index (κ2) is 4.81. The SMILES string of the molecule is CSc1nc(C)c(C(C)C(=O)O)c(Cl)n1. The Bertz CT molecular complexity index is 375. The fourth-order valence-electron chi connectivity index (χ4n) is 1.23. The van der Waals surface area contributed by atoms with Crippen molar-refractivity contribution >= 4 is 29.3 Å². The Labute approximate surface area is 97.1 Å². The molecule has 0 aromatic carbocycles. The zero-order valence-corrected chi connectivity index (χ0v) is 10.2. The molecule has 0 radical (unpaired) electrons. The van der Waals surface area contributed by atoms with Gasteiger partial charge in [-0.2, -0.15) is 0 Å². The molecule has 1 heterocycles. The number of thioether (sulfide) groups is 1. The van der Waals surface area contributed by atoms with Gasteiger partial charge in [-0.25, -0.2) is 9.97 Å². The van der Waals surface area contributed by atoms with Crippen LogP contribution in [0, 0.1) is 6.92 Å². The van der Waals surface area contributed by atoms with Crippen LogP contribution in [0.5, 0.6) is 0 Å². The first-order chi connectivity index (χ1) is 6.97. The number of carboxylic acid groups (broad SMARTS) is 1. The molecular weight excluding hydrogens is 236 g/mol. The topological polar surface area (TPSA) is 63.1 Å². The number of hydrogen-bond donors (Lipinski definition) is 1. The van der Waals surface area contributed by atoms with Crippen LogP contribution in [0.1, 0.15) is 24.1 Å². The number of halogens is 1. The van der Waals surface area contributed by atoms with Crippen molar-refractivity contribution in [1.82, 2.24) is 9.97 Å². The Hall–Kier alpha value is -0.810. The highest BCUT2D eigenvalue weighted by Crippen LogP contribution is 2.27. The molecule has 0 saturated heterocycles. The second-order valence-corrected chi connectivity index (χ2v) is 4.19. The number of rotatable bonds is 3. The average molecular weight is 247 g/mol. The van der Waals surface area contributed by atoms with Crippen molar-refractivity contribution in [3.8, 4) is 0 Å². The van der Waals surface area contributed by atoms with Gasteiger partial charge in [0.15, 0.2) is 5.16 Å². The van der Waals surface area contributed by atoms with Crippen molar-refractivity contribution in [2.75, 3.05) is 6.26 Å². The van der Waals surface area contributed by atoms with E-state index in [0.29, 0.717) is 16.4 Å².